The molecule has 166 valence electrons. The molecule has 10 heteroatoms. The minimum absolute atomic E-state index is 0.0237. The standard InChI is InChI=1S/C21H30N8O2/c1-14(2)15-3-5-16(6-4-15)27-21(30)28-17-7-9-29(12-17)20-18(11-26-31-10-8-22)19(23)24-13-25-20/h3-6,11,13-14,17H,7-10,12,22H2,1-2H3,(H2,23,24,25)(H2,27,28,30). The highest BCUT2D eigenvalue weighted by molar-refractivity contribution is 5.92. The molecule has 2 heterocycles. The molecule has 2 amide bonds. The number of nitrogens with zero attached hydrogens (tertiary/aromatic N) is 4. The highest BCUT2D eigenvalue weighted by Gasteiger charge is 2.27. The average Bonchev–Trinajstić information content (AvgIpc) is 3.20. The maximum atomic E-state index is 12.4. The van der Waals surface area contributed by atoms with E-state index in [0.717, 1.165) is 18.7 Å². The third kappa shape index (κ3) is 6.05. The molecule has 0 radical (unpaired) electrons. The van der Waals surface area contributed by atoms with Crippen LogP contribution in [0.4, 0.5) is 22.1 Å². The number of anilines is 3. The van der Waals surface area contributed by atoms with Gasteiger partial charge in [-0.3, -0.25) is 0 Å². The lowest BCUT2D eigenvalue weighted by molar-refractivity contribution is 0.154. The van der Waals surface area contributed by atoms with Crippen LogP contribution in [-0.2, 0) is 4.84 Å². The van der Waals surface area contributed by atoms with Crippen LogP contribution in [0.25, 0.3) is 0 Å². The third-order valence-electron chi connectivity index (χ3n) is 5.02. The molecule has 0 aliphatic carbocycles. The van der Waals surface area contributed by atoms with Crippen LogP contribution >= 0.6 is 0 Å². The zero-order valence-electron chi connectivity index (χ0n) is 17.9. The fourth-order valence-corrected chi connectivity index (χ4v) is 3.35. The molecule has 0 spiro atoms. The average molecular weight is 427 g/mol. The fraction of sp³-hybridized carbons (Fsp3) is 0.429. The van der Waals surface area contributed by atoms with Gasteiger partial charge < -0.3 is 31.8 Å². The van der Waals surface area contributed by atoms with E-state index in [1.807, 2.05) is 29.2 Å². The molecule has 1 aliphatic rings. The van der Waals surface area contributed by atoms with Crippen LogP contribution in [-0.4, -0.2) is 54.5 Å². The lowest BCUT2D eigenvalue weighted by Gasteiger charge is -2.20. The Bertz CT molecular complexity index is 901. The van der Waals surface area contributed by atoms with Crippen molar-refractivity contribution < 1.29 is 9.63 Å². The second-order valence-electron chi connectivity index (χ2n) is 7.66. The van der Waals surface area contributed by atoms with Crippen LogP contribution in [0, 0.1) is 0 Å². The smallest absolute Gasteiger partial charge is 0.319 e. The molecule has 2 aromatic rings. The van der Waals surface area contributed by atoms with Crippen molar-refractivity contribution in [2.24, 2.45) is 10.9 Å². The number of nitrogen functional groups attached to an aromatic ring is 1. The summed E-state index contributed by atoms with van der Waals surface area (Å²) in [4.78, 5) is 27.9. The minimum atomic E-state index is -0.233. The first kappa shape index (κ1) is 22.3. The number of benzene rings is 1. The van der Waals surface area contributed by atoms with E-state index in [1.54, 1.807) is 0 Å². The van der Waals surface area contributed by atoms with E-state index >= 15 is 0 Å². The highest BCUT2D eigenvalue weighted by Crippen LogP contribution is 2.24. The van der Waals surface area contributed by atoms with Gasteiger partial charge in [-0.2, -0.15) is 0 Å². The quantitative estimate of drug-likeness (QED) is 0.287. The summed E-state index contributed by atoms with van der Waals surface area (Å²) in [6.07, 6.45) is 3.69. The number of urea groups is 1. The summed E-state index contributed by atoms with van der Waals surface area (Å²) in [6, 6.07) is 7.62. The minimum Gasteiger partial charge on any atom is -0.394 e. The molecule has 1 aliphatic heterocycles. The number of oxime groups is 1. The zero-order chi connectivity index (χ0) is 22.2. The number of hydrogen-bond donors (Lipinski definition) is 4. The number of nitrogens with two attached hydrogens (primary N) is 2. The SMILES string of the molecule is CC(C)c1ccc(NC(=O)NC2CCN(c3ncnc(N)c3C=NOCCN)C2)cc1. The molecule has 0 saturated carbocycles. The number of carbonyl (C=O) groups excluding carboxylic acids is 1. The number of amides is 2. The molecule has 1 unspecified atom stereocenters. The van der Waals surface area contributed by atoms with Crippen LogP contribution in [0.1, 0.15) is 37.3 Å². The molecular formula is C21H30N8O2. The van der Waals surface area contributed by atoms with E-state index in [2.05, 4.69) is 39.6 Å². The molecule has 10 nitrogen and oxygen atoms in total. The lowest BCUT2D eigenvalue weighted by atomic mass is 10.0. The van der Waals surface area contributed by atoms with Gasteiger partial charge in [0.25, 0.3) is 0 Å². The van der Waals surface area contributed by atoms with Crippen molar-refractivity contribution in [3.8, 4) is 0 Å². The van der Waals surface area contributed by atoms with Crippen LogP contribution < -0.4 is 27.0 Å². The highest BCUT2D eigenvalue weighted by atomic mass is 16.6. The topological polar surface area (TPSA) is 144 Å². The predicted molar refractivity (Wildman–Crippen MR) is 122 cm³/mol. The Kier molecular flexibility index (Phi) is 7.60. The molecular weight excluding hydrogens is 396 g/mol. The summed E-state index contributed by atoms with van der Waals surface area (Å²) in [7, 11) is 0. The van der Waals surface area contributed by atoms with Crippen molar-refractivity contribution in [3.63, 3.8) is 0 Å². The summed E-state index contributed by atoms with van der Waals surface area (Å²) in [6.45, 7) is 6.27. The van der Waals surface area contributed by atoms with E-state index in [9.17, 15) is 4.79 Å². The maximum Gasteiger partial charge on any atom is 0.319 e. The summed E-state index contributed by atoms with van der Waals surface area (Å²) in [5, 5.41) is 9.79. The van der Waals surface area contributed by atoms with E-state index in [0.29, 0.717) is 42.8 Å². The van der Waals surface area contributed by atoms with Gasteiger partial charge in [0.05, 0.1) is 11.8 Å². The van der Waals surface area contributed by atoms with Crippen molar-refractivity contribution in [1.29, 1.82) is 0 Å². The summed E-state index contributed by atoms with van der Waals surface area (Å²) >= 11 is 0. The van der Waals surface area contributed by atoms with Crippen LogP contribution in [0.5, 0.6) is 0 Å². The number of carbonyl (C=O) groups is 1. The van der Waals surface area contributed by atoms with E-state index in [-0.39, 0.29) is 12.1 Å². The molecule has 1 aromatic carbocycles. The fourth-order valence-electron chi connectivity index (χ4n) is 3.35. The number of rotatable bonds is 8. The van der Waals surface area contributed by atoms with Gasteiger partial charge >= 0.3 is 6.03 Å². The Morgan fingerprint density at radius 2 is 2.13 bits per heavy atom. The van der Waals surface area contributed by atoms with Crippen molar-refractivity contribution in [2.45, 2.75) is 32.2 Å². The first-order valence-corrected chi connectivity index (χ1v) is 10.4. The van der Waals surface area contributed by atoms with Gasteiger partial charge in [-0.05, 0) is 30.0 Å². The van der Waals surface area contributed by atoms with Gasteiger partial charge in [-0.1, -0.05) is 31.1 Å². The van der Waals surface area contributed by atoms with Gasteiger partial charge in [0.2, 0.25) is 0 Å². The van der Waals surface area contributed by atoms with Crippen molar-refractivity contribution in [3.05, 3.63) is 41.7 Å². The zero-order valence-corrected chi connectivity index (χ0v) is 17.9. The van der Waals surface area contributed by atoms with Crippen molar-refractivity contribution >= 4 is 29.6 Å². The van der Waals surface area contributed by atoms with Gasteiger partial charge in [-0.15, -0.1) is 0 Å². The Morgan fingerprint density at radius 1 is 1.35 bits per heavy atom. The second-order valence-corrected chi connectivity index (χ2v) is 7.66. The van der Waals surface area contributed by atoms with Gasteiger partial charge in [-0.25, -0.2) is 14.8 Å². The molecule has 1 fully saturated rings. The summed E-state index contributed by atoms with van der Waals surface area (Å²) in [5.41, 5.74) is 14.0. The summed E-state index contributed by atoms with van der Waals surface area (Å²) < 4.78 is 0. The van der Waals surface area contributed by atoms with Gasteiger partial charge in [0, 0.05) is 31.4 Å². The Balaban J connectivity index is 1.58. The Morgan fingerprint density at radius 3 is 2.84 bits per heavy atom. The van der Waals surface area contributed by atoms with Crippen molar-refractivity contribution in [1.82, 2.24) is 15.3 Å². The van der Waals surface area contributed by atoms with Crippen LogP contribution in [0.2, 0.25) is 0 Å². The number of nitrogens with one attached hydrogen (secondary N) is 2. The van der Waals surface area contributed by atoms with Crippen LogP contribution in [0.15, 0.2) is 35.7 Å². The normalized spacial score (nSPS) is 16.1. The largest absolute Gasteiger partial charge is 0.394 e. The van der Waals surface area contributed by atoms with Gasteiger partial charge in [0.1, 0.15) is 24.6 Å². The lowest BCUT2D eigenvalue weighted by Crippen LogP contribution is -2.40. The second kappa shape index (κ2) is 10.6. The number of hydrogen-bond acceptors (Lipinski definition) is 8. The maximum absolute atomic E-state index is 12.4. The Hall–Kier alpha value is -3.40. The monoisotopic (exact) mass is 426 g/mol. The first-order valence-electron chi connectivity index (χ1n) is 10.4. The molecule has 3 rings (SSSR count). The van der Waals surface area contributed by atoms with E-state index in [1.165, 1.54) is 18.1 Å². The molecule has 31 heavy (non-hydrogen) atoms. The molecule has 1 aromatic heterocycles. The third-order valence-corrected chi connectivity index (χ3v) is 5.02. The molecule has 1 atom stereocenters. The number of aromatic nitrogens is 2. The first-order chi connectivity index (χ1) is 15.0. The molecule has 0 bridgehead atoms. The van der Waals surface area contributed by atoms with E-state index in [4.69, 9.17) is 16.3 Å². The Labute approximate surface area is 182 Å². The van der Waals surface area contributed by atoms with Crippen molar-refractivity contribution in [2.75, 3.05) is 42.2 Å². The predicted octanol–water partition coefficient (Wildman–Crippen LogP) is 1.89. The molecule has 6 N–H and O–H groups in total. The summed E-state index contributed by atoms with van der Waals surface area (Å²) in [5.74, 6) is 1.41. The van der Waals surface area contributed by atoms with Crippen LogP contribution in [0.3, 0.4) is 0 Å². The molecule has 1 saturated heterocycles. The van der Waals surface area contributed by atoms with E-state index < -0.39 is 0 Å². The van der Waals surface area contributed by atoms with Gasteiger partial charge in [0.15, 0.2) is 0 Å².